The van der Waals surface area contributed by atoms with Crippen molar-refractivity contribution in [3.8, 4) is 23.0 Å². The minimum absolute atomic E-state index is 0.0693. The summed E-state index contributed by atoms with van der Waals surface area (Å²) < 4.78 is 10.4. The average Bonchev–Trinajstić information content (AvgIpc) is 2.56. The maximum Gasteiger partial charge on any atom is 0.411 e. The summed E-state index contributed by atoms with van der Waals surface area (Å²) in [6.45, 7) is 1.83. The van der Waals surface area contributed by atoms with E-state index in [1.165, 1.54) is 36.5 Å². The molecule has 0 unspecified atom stereocenters. The fourth-order valence-electron chi connectivity index (χ4n) is 2.33. The van der Waals surface area contributed by atoms with E-state index in [0.29, 0.717) is 5.56 Å². The fraction of sp³-hybridized carbons (Fsp3) is 0.118. The van der Waals surface area contributed by atoms with Crippen LogP contribution in [0.15, 0.2) is 45.7 Å². The highest BCUT2D eigenvalue weighted by Gasteiger charge is 2.15. The molecule has 0 saturated carbocycles. The Morgan fingerprint density at radius 2 is 2.08 bits per heavy atom. The Kier molecular flexibility index (Phi) is 4.25. The molecule has 3 aromatic rings. The van der Waals surface area contributed by atoms with Crippen molar-refractivity contribution in [2.75, 3.05) is 11.9 Å². The molecule has 8 nitrogen and oxygen atoms in total. The molecule has 0 saturated heterocycles. The molecular weight excluding hydrogens is 328 g/mol. The zero-order chi connectivity index (χ0) is 18.0. The van der Waals surface area contributed by atoms with Crippen LogP contribution in [0.5, 0.6) is 11.6 Å². The van der Waals surface area contributed by atoms with Crippen molar-refractivity contribution in [2.45, 2.75) is 6.92 Å². The molecule has 8 heteroatoms. The van der Waals surface area contributed by atoms with Gasteiger partial charge in [-0.2, -0.15) is 0 Å². The van der Waals surface area contributed by atoms with E-state index in [-0.39, 0.29) is 40.2 Å². The molecule has 2 aromatic heterocycles. The van der Waals surface area contributed by atoms with Crippen molar-refractivity contribution in [3.63, 3.8) is 0 Å². The van der Waals surface area contributed by atoms with Crippen LogP contribution in [0, 0.1) is 0 Å². The molecule has 0 bridgehead atoms. The predicted molar refractivity (Wildman–Crippen MR) is 89.7 cm³/mol. The van der Waals surface area contributed by atoms with Gasteiger partial charge in [-0.05, 0) is 25.1 Å². The van der Waals surface area contributed by atoms with Crippen molar-refractivity contribution < 1.29 is 24.2 Å². The lowest BCUT2D eigenvalue weighted by molar-refractivity contribution is 0.168. The van der Waals surface area contributed by atoms with Gasteiger partial charge in [0.1, 0.15) is 11.5 Å². The standard InChI is InChI=1S/C17H14N2O6/c1-2-24-17(23)19-12-7-9(20)3-4-10(12)14-8-13(21)11-5-6-18-16(22)15(11)25-14/h3-8,20H,2H2,1H3,(H,18,22)(H,19,23). The topological polar surface area (TPSA) is 122 Å². The van der Waals surface area contributed by atoms with Gasteiger partial charge in [0.15, 0.2) is 11.0 Å². The number of carbonyl (C=O) groups excluding carboxylic acids is 1. The molecule has 2 heterocycles. The summed E-state index contributed by atoms with van der Waals surface area (Å²) >= 11 is 0. The van der Waals surface area contributed by atoms with Crippen LogP contribution in [0.3, 0.4) is 0 Å². The Bertz CT molecular complexity index is 1010. The lowest BCUT2D eigenvalue weighted by Gasteiger charge is -2.11. The van der Waals surface area contributed by atoms with Crippen LogP contribution in [-0.4, -0.2) is 27.9 Å². The van der Waals surface area contributed by atoms with E-state index in [1.807, 2.05) is 0 Å². The van der Waals surface area contributed by atoms with Crippen LogP contribution in [0.25, 0.3) is 22.3 Å². The maximum absolute atomic E-state index is 12.3. The van der Waals surface area contributed by atoms with Gasteiger partial charge in [0.05, 0.1) is 17.7 Å². The number of amides is 1. The number of rotatable bonds is 3. The molecule has 1 amide bonds. The number of nitrogens with zero attached hydrogens (tertiary/aromatic N) is 1. The Morgan fingerprint density at radius 1 is 1.28 bits per heavy atom. The monoisotopic (exact) mass is 342 g/mol. The minimum atomic E-state index is -0.720. The molecule has 1 aromatic carbocycles. The fourth-order valence-corrected chi connectivity index (χ4v) is 2.33. The van der Waals surface area contributed by atoms with Gasteiger partial charge in [-0.3, -0.25) is 10.1 Å². The smallest absolute Gasteiger partial charge is 0.411 e. The molecule has 0 radical (unpaired) electrons. The third-order valence-electron chi connectivity index (χ3n) is 3.41. The van der Waals surface area contributed by atoms with Crippen molar-refractivity contribution >= 4 is 22.7 Å². The number of phenols is 1. The summed E-state index contributed by atoms with van der Waals surface area (Å²) in [5.41, 5.74) is 0.0571. The van der Waals surface area contributed by atoms with Gasteiger partial charge in [0, 0.05) is 23.9 Å². The number of hydrogen-bond donors (Lipinski definition) is 3. The highest BCUT2D eigenvalue weighted by molar-refractivity contribution is 5.92. The van der Waals surface area contributed by atoms with Gasteiger partial charge >= 0.3 is 6.09 Å². The third kappa shape index (κ3) is 3.23. The van der Waals surface area contributed by atoms with Crippen LogP contribution < -0.4 is 10.7 Å². The molecule has 0 aliphatic heterocycles. The third-order valence-corrected chi connectivity index (χ3v) is 3.41. The first-order valence-electron chi connectivity index (χ1n) is 7.38. The molecule has 3 rings (SSSR count). The number of pyridine rings is 1. The summed E-state index contributed by atoms with van der Waals surface area (Å²) in [7, 11) is 0. The SMILES string of the molecule is CCOC(=O)Nc1cc(O)ccc1-c1cc(=O)c2ccnc(O)c2o1. The zero-order valence-corrected chi connectivity index (χ0v) is 13.1. The van der Waals surface area contributed by atoms with Gasteiger partial charge in [-0.1, -0.05) is 0 Å². The van der Waals surface area contributed by atoms with Crippen molar-refractivity contribution in [1.82, 2.24) is 4.98 Å². The van der Waals surface area contributed by atoms with Crippen molar-refractivity contribution in [1.29, 1.82) is 0 Å². The van der Waals surface area contributed by atoms with E-state index in [0.717, 1.165) is 0 Å². The van der Waals surface area contributed by atoms with E-state index < -0.39 is 12.0 Å². The second-order valence-electron chi connectivity index (χ2n) is 5.06. The number of anilines is 1. The van der Waals surface area contributed by atoms with Gasteiger partial charge in [-0.15, -0.1) is 0 Å². The van der Waals surface area contributed by atoms with Crippen molar-refractivity contribution in [2.24, 2.45) is 0 Å². The summed E-state index contributed by atoms with van der Waals surface area (Å²) in [5.74, 6) is -0.425. The zero-order valence-electron chi connectivity index (χ0n) is 13.1. The normalized spacial score (nSPS) is 10.6. The number of phenolic OH excluding ortho intramolecular Hbond substituents is 1. The molecule has 0 atom stereocenters. The highest BCUT2D eigenvalue weighted by atomic mass is 16.5. The summed E-state index contributed by atoms with van der Waals surface area (Å²) in [5, 5.41) is 22.1. The predicted octanol–water partition coefficient (Wildman–Crippen LogP) is 2.83. The number of ether oxygens (including phenoxy) is 1. The van der Waals surface area contributed by atoms with Crippen molar-refractivity contribution in [3.05, 3.63) is 46.8 Å². The Labute approximate surface area is 141 Å². The Balaban J connectivity index is 2.16. The van der Waals surface area contributed by atoms with Crippen LogP contribution >= 0.6 is 0 Å². The largest absolute Gasteiger partial charge is 0.508 e. The number of benzene rings is 1. The summed E-state index contributed by atoms with van der Waals surface area (Å²) in [6, 6.07) is 6.79. The van der Waals surface area contributed by atoms with Crippen LogP contribution in [0.1, 0.15) is 6.92 Å². The molecule has 0 aliphatic carbocycles. The minimum Gasteiger partial charge on any atom is -0.508 e. The number of aromatic hydroxyl groups is 2. The van der Waals surface area contributed by atoms with E-state index in [1.54, 1.807) is 6.92 Å². The quantitative estimate of drug-likeness (QED) is 0.669. The molecule has 0 fully saturated rings. The average molecular weight is 342 g/mol. The summed E-state index contributed by atoms with van der Waals surface area (Å²) in [4.78, 5) is 27.6. The van der Waals surface area contributed by atoms with Gasteiger partial charge in [0.25, 0.3) is 5.88 Å². The van der Waals surface area contributed by atoms with Crippen LogP contribution in [0.2, 0.25) is 0 Å². The first-order chi connectivity index (χ1) is 12.0. The van der Waals surface area contributed by atoms with Gasteiger partial charge in [0.2, 0.25) is 0 Å². The van der Waals surface area contributed by atoms with Crippen LogP contribution in [-0.2, 0) is 4.74 Å². The molecule has 0 aliphatic rings. The lowest BCUT2D eigenvalue weighted by Crippen LogP contribution is -2.14. The summed E-state index contributed by atoms with van der Waals surface area (Å²) in [6.07, 6.45) is 0.574. The Hall–Kier alpha value is -3.55. The molecule has 0 spiro atoms. The van der Waals surface area contributed by atoms with Crippen LogP contribution in [0.4, 0.5) is 10.5 Å². The number of fused-ring (bicyclic) bond motifs is 1. The lowest BCUT2D eigenvalue weighted by atomic mass is 10.1. The molecule has 128 valence electrons. The first-order valence-corrected chi connectivity index (χ1v) is 7.38. The van der Waals surface area contributed by atoms with E-state index in [9.17, 15) is 19.8 Å². The number of aromatic nitrogens is 1. The van der Waals surface area contributed by atoms with E-state index in [4.69, 9.17) is 9.15 Å². The molecule has 3 N–H and O–H groups in total. The Morgan fingerprint density at radius 3 is 2.84 bits per heavy atom. The maximum atomic E-state index is 12.3. The van der Waals surface area contributed by atoms with E-state index >= 15 is 0 Å². The second kappa shape index (κ2) is 6.52. The van der Waals surface area contributed by atoms with Gasteiger partial charge < -0.3 is 19.4 Å². The van der Waals surface area contributed by atoms with E-state index in [2.05, 4.69) is 10.3 Å². The second-order valence-corrected chi connectivity index (χ2v) is 5.06. The number of hydrogen-bond acceptors (Lipinski definition) is 7. The number of carbonyl (C=O) groups is 1. The van der Waals surface area contributed by atoms with Gasteiger partial charge in [-0.25, -0.2) is 9.78 Å². The molecule has 25 heavy (non-hydrogen) atoms. The number of nitrogens with one attached hydrogen (secondary N) is 1. The highest BCUT2D eigenvalue weighted by Crippen LogP contribution is 2.33. The molecular formula is C17H14N2O6. The first kappa shape index (κ1) is 16.3.